The average Bonchev–Trinajstić information content (AvgIpc) is 2.94. The lowest BCUT2D eigenvalue weighted by atomic mass is 9.92. The van der Waals surface area contributed by atoms with Gasteiger partial charge in [0.1, 0.15) is 0 Å². The van der Waals surface area contributed by atoms with Crippen LogP contribution in [0.25, 0.3) is 5.69 Å². The molecule has 3 rings (SSSR count). The molecule has 3 N–H and O–H groups in total. The maximum Gasteiger partial charge on any atom is 0.239 e. The lowest BCUT2D eigenvalue weighted by Crippen LogP contribution is -2.50. The summed E-state index contributed by atoms with van der Waals surface area (Å²) in [6.07, 6.45) is 4.82. The van der Waals surface area contributed by atoms with Gasteiger partial charge < -0.3 is 11.1 Å². The number of aryl methyl sites for hydroxylation is 1. The number of nitrogens with two attached hydrogens (primary N) is 1. The van der Waals surface area contributed by atoms with Crippen molar-refractivity contribution in [1.29, 1.82) is 0 Å². The first-order valence-corrected chi connectivity index (χ1v) is 8.52. The van der Waals surface area contributed by atoms with Crippen LogP contribution in [0.2, 0.25) is 0 Å². The van der Waals surface area contributed by atoms with Gasteiger partial charge >= 0.3 is 0 Å². The Morgan fingerprint density at radius 2 is 2.12 bits per heavy atom. The number of fused-ring (bicyclic) bond motifs is 1. The van der Waals surface area contributed by atoms with Gasteiger partial charge in [-0.3, -0.25) is 4.79 Å². The number of aromatic nitrogens is 2. The summed E-state index contributed by atoms with van der Waals surface area (Å²) in [4.78, 5) is 12.3. The molecule has 1 aromatic heterocycles. The maximum absolute atomic E-state index is 12.3. The topological polar surface area (TPSA) is 72.9 Å². The van der Waals surface area contributed by atoms with Crippen LogP contribution in [0.4, 0.5) is 0 Å². The third kappa shape index (κ3) is 2.96. The normalized spacial score (nSPS) is 17.5. The highest BCUT2D eigenvalue weighted by Gasteiger charge is 2.30. The Balaban J connectivity index is 1.96. The molecule has 0 fully saturated rings. The van der Waals surface area contributed by atoms with Crippen molar-refractivity contribution in [3.8, 4) is 5.69 Å². The van der Waals surface area contributed by atoms with Gasteiger partial charge in [0.15, 0.2) is 0 Å². The highest BCUT2D eigenvalue weighted by atomic mass is 16.2. The van der Waals surface area contributed by atoms with Gasteiger partial charge in [-0.25, -0.2) is 4.68 Å². The van der Waals surface area contributed by atoms with E-state index in [2.05, 4.69) is 42.5 Å². The molecule has 0 bridgehead atoms. The maximum atomic E-state index is 12.3. The van der Waals surface area contributed by atoms with E-state index in [-0.39, 0.29) is 11.9 Å². The summed E-state index contributed by atoms with van der Waals surface area (Å²) in [7, 11) is 0. The van der Waals surface area contributed by atoms with Crippen LogP contribution in [0, 0.1) is 13.8 Å². The molecule has 24 heavy (non-hydrogen) atoms. The van der Waals surface area contributed by atoms with Gasteiger partial charge in [0.2, 0.25) is 5.91 Å². The van der Waals surface area contributed by atoms with E-state index >= 15 is 0 Å². The van der Waals surface area contributed by atoms with Gasteiger partial charge in [-0.15, -0.1) is 0 Å². The molecule has 1 atom stereocenters. The Kier molecular flexibility index (Phi) is 4.22. The molecule has 0 spiro atoms. The third-order valence-electron chi connectivity index (χ3n) is 4.88. The second-order valence-electron chi connectivity index (χ2n) is 7.32. The number of nitrogens with zero attached hydrogens (tertiary/aromatic N) is 2. The molecule has 0 radical (unpaired) electrons. The van der Waals surface area contributed by atoms with E-state index in [1.54, 1.807) is 13.8 Å². The van der Waals surface area contributed by atoms with Crippen LogP contribution in [0.5, 0.6) is 0 Å². The lowest BCUT2D eigenvalue weighted by molar-refractivity contribution is -0.126. The number of benzene rings is 1. The molecule has 0 saturated heterocycles. The molecule has 128 valence electrons. The summed E-state index contributed by atoms with van der Waals surface area (Å²) in [6.45, 7) is 7.69. The number of amides is 1. The van der Waals surface area contributed by atoms with Crippen molar-refractivity contribution >= 4 is 5.91 Å². The molecule has 1 amide bonds. The third-order valence-corrected chi connectivity index (χ3v) is 4.88. The standard InChI is InChI=1S/C19H26N4O/c1-12-7-5-9-16(13(12)2)23-17-10-6-8-15(14(17)11-21-23)22-18(24)19(3,4)20/h5,7,9,11,15H,6,8,10,20H2,1-4H3,(H,22,24)/t15-/m0/s1. The first-order valence-electron chi connectivity index (χ1n) is 8.52. The van der Waals surface area contributed by atoms with Crippen molar-refractivity contribution in [2.45, 2.75) is 58.5 Å². The molecule has 0 saturated carbocycles. The summed E-state index contributed by atoms with van der Waals surface area (Å²) in [6, 6.07) is 6.26. The lowest BCUT2D eigenvalue weighted by Gasteiger charge is -2.27. The fourth-order valence-electron chi connectivity index (χ4n) is 3.22. The Morgan fingerprint density at radius 1 is 1.38 bits per heavy atom. The number of hydrogen-bond acceptors (Lipinski definition) is 3. The number of carbonyl (C=O) groups excluding carboxylic acids is 1. The summed E-state index contributed by atoms with van der Waals surface area (Å²) < 4.78 is 2.03. The van der Waals surface area contributed by atoms with E-state index in [9.17, 15) is 4.79 Å². The van der Waals surface area contributed by atoms with Gasteiger partial charge in [0, 0.05) is 11.3 Å². The van der Waals surface area contributed by atoms with E-state index in [0.717, 1.165) is 30.5 Å². The van der Waals surface area contributed by atoms with Crippen LogP contribution in [0.3, 0.4) is 0 Å². The second-order valence-corrected chi connectivity index (χ2v) is 7.32. The first-order chi connectivity index (χ1) is 11.3. The number of nitrogens with one attached hydrogen (secondary N) is 1. The molecular weight excluding hydrogens is 300 g/mol. The van der Waals surface area contributed by atoms with Crippen LogP contribution in [0.15, 0.2) is 24.4 Å². The van der Waals surface area contributed by atoms with Crippen molar-refractivity contribution < 1.29 is 4.79 Å². The Bertz CT molecular complexity index is 770. The zero-order chi connectivity index (χ0) is 17.5. The minimum atomic E-state index is -0.874. The second kappa shape index (κ2) is 6.06. The molecule has 5 heteroatoms. The fraction of sp³-hybridized carbons (Fsp3) is 0.474. The Morgan fingerprint density at radius 3 is 2.83 bits per heavy atom. The van der Waals surface area contributed by atoms with E-state index in [1.165, 1.54) is 16.8 Å². The number of carbonyl (C=O) groups is 1. The van der Waals surface area contributed by atoms with E-state index in [1.807, 2.05) is 10.9 Å². The predicted molar refractivity (Wildman–Crippen MR) is 95.1 cm³/mol. The van der Waals surface area contributed by atoms with E-state index in [4.69, 9.17) is 5.73 Å². The fourth-order valence-corrected chi connectivity index (χ4v) is 3.22. The zero-order valence-corrected chi connectivity index (χ0v) is 14.9. The van der Waals surface area contributed by atoms with Crippen molar-refractivity contribution in [2.75, 3.05) is 0 Å². The largest absolute Gasteiger partial charge is 0.348 e. The molecule has 5 nitrogen and oxygen atoms in total. The summed E-state index contributed by atoms with van der Waals surface area (Å²) in [5.41, 5.74) is 10.9. The quantitative estimate of drug-likeness (QED) is 0.911. The highest BCUT2D eigenvalue weighted by molar-refractivity contribution is 5.85. The predicted octanol–water partition coefficient (Wildman–Crippen LogP) is 2.72. The Labute approximate surface area is 143 Å². The summed E-state index contributed by atoms with van der Waals surface area (Å²) in [5.74, 6) is -0.125. The van der Waals surface area contributed by atoms with Crippen LogP contribution in [-0.2, 0) is 11.2 Å². The first kappa shape index (κ1) is 16.7. The van der Waals surface area contributed by atoms with Gasteiger partial charge in [-0.1, -0.05) is 12.1 Å². The van der Waals surface area contributed by atoms with Crippen LogP contribution >= 0.6 is 0 Å². The zero-order valence-electron chi connectivity index (χ0n) is 14.9. The van der Waals surface area contributed by atoms with Crippen molar-refractivity contribution in [2.24, 2.45) is 5.73 Å². The minimum Gasteiger partial charge on any atom is -0.348 e. The van der Waals surface area contributed by atoms with Crippen molar-refractivity contribution in [1.82, 2.24) is 15.1 Å². The molecule has 2 aromatic rings. The smallest absolute Gasteiger partial charge is 0.239 e. The van der Waals surface area contributed by atoms with Crippen LogP contribution < -0.4 is 11.1 Å². The van der Waals surface area contributed by atoms with Gasteiger partial charge in [-0.2, -0.15) is 5.10 Å². The van der Waals surface area contributed by atoms with Gasteiger partial charge in [0.05, 0.1) is 23.5 Å². The number of hydrogen-bond donors (Lipinski definition) is 2. The summed E-state index contributed by atoms with van der Waals surface area (Å²) >= 11 is 0. The molecule has 0 aliphatic heterocycles. The molecular formula is C19H26N4O. The van der Waals surface area contributed by atoms with E-state index < -0.39 is 5.54 Å². The van der Waals surface area contributed by atoms with E-state index in [0.29, 0.717) is 0 Å². The van der Waals surface area contributed by atoms with Crippen molar-refractivity contribution in [3.63, 3.8) is 0 Å². The minimum absolute atomic E-state index is 0.0112. The van der Waals surface area contributed by atoms with Crippen molar-refractivity contribution in [3.05, 3.63) is 46.8 Å². The molecule has 1 aliphatic rings. The SMILES string of the molecule is Cc1cccc(-n2ncc3c2CCC[C@@H]3NC(=O)C(C)(C)N)c1C. The van der Waals surface area contributed by atoms with Crippen LogP contribution in [-0.4, -0.2) is 21.2 Å². The molecule has 1 aromatic carbocycles. The molecule has 1 aliphatic carbocycles. The summed E-state index contributed by atoms with van der Waals surface area (Å²) in [5, 5.41) is 7.71. The molecule has 1 heterocycles. The monoisotopic (exact) mass is 326 g/mol. The highest BCUT2D eigenvalue weighted by Crippen LogP contribution is 2.32. The number of rotatable bonds is 3. The average molecular weight is 326 g/mol. The molecule has 0 unspecified atom stereocenters. The Hall–Kier alpha value is -2.14. The van der Waals surface area contributed by atoms with Gasteiger partial charge in [-0.05, 0) is 64.2 Å². The van der Waals surface area contributed by atoms with Gasteiger partial charge in [0.25, 0.3) is 0 Å². The van der Waals surface area contributed by atoms with Crippen LogP contribution in [0.1, 0.15) is 55.1 Å².